The predicted molar refractivity (Wildman–Crippen MR) is 121 cm³/mol. The number of hydrogen-bond acceptors (Lipinski definition) is 3. The van der Waals surface area contributed by atoms with E-state index in [0.717, 1.165) is 0 Å². The molecule has 0 bridgehead atoms. The Balaban J connectivity index is 3.09. The summed E-state index contributed by atoms with van der Waals surface area (Å²) in [4.78, 5) is 12.2. The summed E-state index contributed by atoms with van der Waals surface area (Å²) in [5.41, 5.74) is 2.45. The minimum atomic E-state index is -2.44. The Morgan fingerprint density at radius 2 is 1.61 bits per heavy atom. The quantitative estimate of drug-likeness (QED) is 0.151. The molecule has 0 aliphatic carbocycles. The average molecular weight is 495 g/mol. The monoisotopic (exact) mass is 496 g/mol. The van der Waals surface area contributed by atoms with Crippen molar-refractivity contribution in [2.24, 2.45) is 0 Å². The second-order valence-corrected chi connectivity index (χ2v) is 21.0. The topological polar surface area (TPSA) is 39.4 Å². The van der Waals surface area contributed by atoms with Gasteiger partial charge < -0.3 is 0 Å². The van der Waals surface area contributed by atoms with Crippen molar-refractivity contribution >= 4 is 24.3 Å². The summed E-state index contributed by atoms with van der Waals surface area (Å²) >= 11 is -2.44. The van der Waals surface area contributed by atoms with E-state index in [0.29, 0.717) is 6.61 Å². The first kappa shape index (κ1) is 25.1. The van der Waals surface area contributed by atoms with E-state index in [1.165, 1.54) is 69.2 Å². The number of carbonyl (C=O) groups is 1. The molecule has 0 spiro atoms. The van der Waals surface area contributed by atoms with E-state index in [2.05, 4.69) is 44.8 Å². The number of allylic oxidation sites excluding steroid dienone is 1. The number of esters is 1. The van der Waals surface area contributed by atoms with Gasteiger partial charge in [-0.1, -0.05) is 0 Å². The fourth-order valence-electron chi connectivity index (χ4n) is 3.68. The number of ether oxygens (including phenoxy) is 1. The Labute approximate surface area is 176 Å². The van der Waals surface area contributed by atoms with Crippen LogP contribution in [0.5, 0.6) is 0 Å². The summed E-state index contributed by atoms with van der Waals surface area (Å²) < 4.78 is 17.6. The van der Waals surface area contributed by atoms with Gasteiger partial charge in [0.05, 0.1) is 0 Å². The molecule has 4 heteroatoms. The van der Waals surface area contributed by atoms with Crippen molar-refractivity contribution in [2.75, 3.05) is 6.61 Å². The molecule has 0 amide bonds. The molecule has 0 fully saturated rings. The maximum absolute atomic E-state index is 12.2. The van der Waals surface area contributed by atoms with Gasteiger partial charge in [-0.05, 0) is 0 Å². The van der Waals surface area contributed by atoms with Crippen LogP contribution >= 0.6 is 0 Å². The second-order valence-electron chi connectivity index (χ2n) is 8.17. The Morgan fingerprint density at radius 3 is 2.04 bits per heavy atom. The molecular formula is C24H40O3Sn. The summed E-state index contributed by atoms with van der Waals surface area (Å²) in [5.74, 6) is -0.108. The van der Waals surface area contributed by atoms with Gasteiger partial charge >= 0.3 is 177 Å². The van der Waals surface area contributed by atoms with E-state index in [9.17, 15) is 4.79 Å². The summed E-state index contributed by atoms with van der Waals surface area (Å²) in [5, 5.41) is 0. The van der Waals surface area contributed by atoms with Gasteiger partial charge in [0, 0.05) is 0 Å². The Morgan fingerprint density at radius 1 is 1.04 bits per heavy atom. The summed E-state index contributed by atoms with van der Waals surface area (Å²) in [6, 6.07) is 3.37. The molecule has 0 saturated heterocycles. The van der Waals surface area contributed by atoms with Crippen LogP contribution in [0.1, 0.15) is 83.7 Å². The van der Waals surface area contributed by atoms with E-state index >= 15 is 0 Å². The molecule has 0 aliphatic rings. The van der Waals surface area contributed by atoms with Crippen molar-refractivity contribution in [3.63, 3.8) is 0 Å². The SMILES string of the molecule is CCC[CH2][Sn](/[CH]=C(\C=C(C)C)COC(=O)c1ccco1)([CH2]CCC)[CH2]CCC. The molecule has 0 saturated carbocycles. The Kier molecular flexibility index (Phi) is 12.6. The first-order valence-corrected chi connectivity index (χ1v) is 18.7. The van der Waals surface area contributed by atoms with Crippen molar-refractivity contribution in [2.45, 2.75) is 86.5 Å². The molecule has 3 nitrogen and oxygen atoms in total. The first-order chi connectivity index (χ1) is 13.5. The van der Waals surface area contributed by atoms with Crippen LogP contribution < -0.4 is 0 Å². The molecule has 158 valence electrons. The number of carbonyl (C=O) groups excluding carboxylic acids is 1. The zero-order chi connectivity index (χ0) is 20.8. The van der Waals surface area contributed by atoms with Crippen LogP contribution in [0.3, 0.4) is 0 Å². The average Bonchev–Trinajstić information content (AvgIpc) is 3.21. The summed E-state index contributed by atoms with van der Waals surface area (Å²) in [7, 11) is 0. The van der Waals surface area contributed by atoms with Gasteiger partial charge in [-0.3, -0.25) is 0 Å². The number of rotatable bonds is 14. The second kappa shape index (κ2) is 14.1. The van der Waals surface area contributed by atoms with Gasteiger partial charge in [0.25, 0.3) is 0 Å². The summed E-state index contributed by atoms with van der Waals surface area (Å²) in [6.45, 7) is 11.5. The number of furan rings is 1. The van der Waals surface area contributed by atoms with Gasteiger partial charge in [0.2, 0.25) is 0 Å². The van der Waals surface area contributed by atoms with Crippen LogP contribution in [0, 0.1) is 0 Å². The zero-order valence-corrected chi connectivity index (χ0v) is 21.5. The molecule has 0 aliphatic heterocycles. The number of unbranched alkanes of at least 4 members (excludes halogenated alkanes) is 3. The van der Waals surface area contributed by atoms with Gasteiger partial charge in [0.15, 0.2) is 0 Å². The molecular weight excluding hydrogens is 455 g/mol. The molecule has 1 rings (SSSR count). The van der Waals surface area contributed by atoms with Crippen LogP contribution in [0.2, 0.25) is 13.3 Å². The fraction of sp³-hybridized carbons (Fsp3) is 0.625. The normalized spacial score (nSPS) is 12.1. The van der Waals surface area contributed by atoms with Gasteiger partial charge in [0.1, 0.15) is 0 Å². The molecule has 28 heavy (non-hydrogen) atoms. The van der Waals surface area contributed by atoms with Crippen molar-refractivity contribution in [3.8, 4) is 0 Å². The van der Waals surface area contributed by atoms with Crippen LogP contribution in [-0.2, 0) is 4.74 Å². The zero-order valence-electron chi connectivity index (χ0n) is 18.7. The van der Waals surface area contributed by atoms with Crippen LogP contribution in [-0.4, -0.2) is 31.0 Å². The van der Waals surface area contributed by atoms with Crippen LogP contribution in [0.15, 0.2) is 44.1 Å². The van der Waals surface area contributed by atoms with E-state index in [-0.39, 0.29) is 11.7 Å². The molecule has 0 aromatic carbocycles. The molecule has 0 unspecified atom stereocenters. The fourth-order valence-corrected chi connectivity index (χ4v) is 18.8. The molecule has 1 aromatic heterocycles. The van der Waals surface area contributed by atoms with E-state index < -0.39 is 18.4 Å². The van der Waals surface area contributed by atoms with Crippen molar-refractivity contribution in [1.82, 2.24) is 0 Å². The summed E-state index contributed by atoms with van der Waals surface area (Å²) in [6.07, 6.45) is 11.5. The van der Waals surface area contributed by atoms with Crippen molar-refractivity contribution in [1.29, 1.82) is 0 Å². The third-order valence-electron chi connectivity index (χ3n) is 5.14. The van der Waals surface area contributed by atoms with Gasteiger partial charge in [-0.25, -0.2) is 0 Å². The van der Waals surface area contributed by atoms with E-state index in [1.54, 1.807) is 12.1 Å². The van der Waals surface area contributed by atoms with Crippen molar-refractivity contribution < 1.29 is 13.9 Å². The molecule has 1 heterocycles. The molecule has 1 aromatic rings. The van der Waals surface area contributed by atoms with Gasteiger partial charge in [-0.15, -0.1) is 0 Å². The standard InChI is InChI=1S/C12H13O3.3C4H9.Sn/c1-9(2)7-10(3)8-15-12(13)11-5-4-6-14-11;3*1-3-4-2;/h3-7H,8H2,1-2H3;3*1,3-4H2,2H3;. The van der Waals surface area contributed by atoms with Crippen molar-refractivity contribution in [3.05, 3.63) is 45.5 Å². The van der Waals surface area contributed by atoms with E-state index in [4.69, 9.17) is 9.15 Å². The van der Waals surface area contributed by atoms with E-state index in [1.807, 2.05) is 0 Å². The Bertz CT molecular complexity index is 588. The molecule has 0 N–H and O–H groups in total. The molecule has 0 atom stereocenters. The minimum absolute atomic E-state index is 0.272. The van der Waals surface area contributed by atoms with Crippen LogP contribution in [0.25, 0.3) is 0 Å². The molecule has 0 radical (unpaired) electrons. The number of hydrogen-bond donors (Lipinski definition) is 0. The first-order valence-electron chi connectivity index (χ1n) is 11.0. The predicted octanol–water partition coefficient (Wildman–Crippen LogP) is 7.72. The van der Waals surface area contributed by atoms with Crippen LogP contribution in [0.4, 0.5) is 0 Å². The maximum atomic E-state index is 12.2. The third-order valence-corrected chi connectivity index (χ3v) is 19.5. The Hall–Kier alpha value is -0.971. The third kappa shape index (κ3) is 9.49. The van der Waals surface area contributed by atoms with Gasteiger partial charge in [-0.2, -0.15) is 0 Å².